The second-order valence-electron chi connectivity index (χ2n) is 3.11. The third kappa shape index (κ3) is 1.33. The summed E-state index contributed by atoms with van der Waals surface area (Å²) in [5.41, 5.74) is 3.57. The largest absolute Gasteiger partial charge is 0.298 e. The van der Waals surface area contributed by atoms with Gasteiger partial charge < -0.3 is 0 Å². The van der Waals surface area contributed by atoms with Crippen molar-refractivity contribution >= 4 is 6.29 Å². The summed E-state index contributed by atoms with van der Waals surface area (Å²) in [4.78, 5) is 10.8. The fourth-order valence-corrected chi connectivity index (χ4v) is 1.47. The van der Waals surface area contributed by atoms with Crippen LogP contribution < -0.4 is 0 Å². The van der Waals surface area contributed by atoms with E-state index in [2.05, 4.69) is 10.2 Å². The standard InChI is InChI=1S/C11H10N2O/c1-8-11(6-12-13-8)10-5-3-2-4-9(10)7-14/h2-7H,1H3,(H,12,13). The fraction of sp³-hybridized carbons (Fsp3) is 0.0909. The highest BCUT2D eigenvalue weighted by Gasteiger charge is 2.07. The number of benzene rings is 1. The molecule has 1 heterocycles. The van der Waals surface area contributed by atoms with Crippen LogP contribution in [0.15, 0.2) is 30.5 Å². The lowest BCUT2D eigenvalue weighted by Crippen LogP contribution is -1.86. The van der Waals surface area contributed by atoms with Gasteiger partial charge in [0.2, 0.25) is 0 Å². The van der Waals surface area contributed by atoms with Crippen molar-refractivity contribution in [2.24, 2.45) is 0 Å². The first-order valence-corrected chi connectivity index (χ1v) is 4.37. The normalized spacial score (nSPS) is 10.1. The number of aryl methyl sites for hydroxylation is 1. The molecule has 0 bridgehead atoms. The first kappa shape index (κ1) is 8.69. The Hall–Kier alpha value is -1.90. The Morgan fingerprint density at radius 3 is 2.71 bits per heavy atom. The Bertz CT molecular complexity index is 460. The molecule has 0 saturated carbocycles. The lowest BCUT2D eigenvalue weighted by molar-refractivity contribution is 0.112. The van der Waals surface area contributed by atoms with Crippen LogP contribution in [-0.2, 0) is 0 Å². The number of hydrogen-bond acceptors (Lipinski definition) is 2. The maximum absolute atomic E-state index is 10.8. The van der Waals surface area contributed by atoms with Gasteiger partial charge in [0.05, 0.1) is 6.20 Å². The van der Waals surface area contributed by atoms with Gasteiger partial charge in [0.1, 0.15) is 0 Å². The number of rotatable bonds is 2. The number of nitrogens with one attached hydrogen (secondary N) is 1. The molecule has 0 unspecified atom stereocenters. The first-order valence-electron chi connectivity index (χ1n) is 4.37. The number of hydrogen-bond donors (Lipinski definition) is 1. The molecule has 0 aliphatic heterocycles. The molecule has 1 aromatic heterocycles. The van der Waals surface area contributed by atoms with E-state index >= 15 is 0 Å². The van der Waals surface area contributed by atoms with E-state index in [1.807, 2.05) is 25.1 Å². The second kappa shape index (κ2) is 3.46. The van der Waals surface area contributed by atoms with E-state index in [0.717, 1.165) is 23.1 Å². The average Bonchev–Trinajstić information content (AvgIpc) is 2.64. The minimum absolute atomic E-state index is 0.692. The molecule has 3 heteroatoms. The van der Waals surface area contributed by atoms with Gasteiger partial charge in [-0.05, 0) is 12.5 Å². The number of carbonyl (C=O) groups is 1. The Morgan fingerprint density at radius 1 is 1.29 bits per heavy atom. The van der Waals surface area contributed by atoms with E-state index < -0.39 is 0 Å². The van der Waals surface area contributed by atoms with Gasteiger partial charge in [-0.1, -0.05) is 24.3 Å². The SMILES string of the molecule is Cc1[nH]ncc1-c1ccccc1C=O. The highest BCUT2D eigenvalue weighted by molar-refractivity contribution is 5.87. The summed E-state index contributed by atoms with van der Waals surface area (Å²) in [6.45, 7) is 1.93. The van der Waals surface area contributed by atoms with Crippen LogP contribution in [0.5, 0.6) is 0 Å². The van der Waals surface area contributed by atoms with Gasteiger partial charge in [-0.2, -0.15) is 5.10 Å². The number of nitrogens with zero attached hydrogens (tertiary/aromatic N) is 1. The van der Waals surface area contributed by atoms with E-state index in [1.165, 1.54) is 0 Å². The monoisotopic (exact) mass is 186 g/mol. The van der Waals surface area contributed by atoms with Crippen molar-refractivity contribution in [3.8, 4) is 11.1 Å². The highest BCUT2D eigenvalue weighted by Crippen LogP contribution is 2.23. The number of H-pyrrole nitrogens is 1. The zero-order valence-electron chi connectivity index (χ0n) is 7.82. The summed E-state index contributed by atoms with van der Waals surface area (Å²) in [7, 11) is 0. The van der Waals surface area contributed by atoms with E-state index in [4.69, 9.17) is 0 Å². The van der Waals surface area contributed by atoms with Crippen molar-refractivity contribution in [2.45, 2.75) is 6.92 Å². The van der Waals surface area contributed by atoms with Crippen LogP contribution in [0.2, 0.25) is 0 Å². The van der Waals surface area contributed by atoms with Gasteiger partial charge in [-0.3, -0.25) is 9.89 Å². The molecule has 14 heavy (non-hydrogen) atoms. The maximum Gasteiger partial charge on any atom is 0.150 e. The zero-order valence-corrected chi connectivity index (χ0v) is 7.82. The van der Waals surface area contributed by atoms with Crippen molar-refractivity contribution in [1.29, 1.82) is 0 Å². The van der Waals surface area contributed by atoms with Gasteiger partial charge in [0.25, 0.3) is 0 Å². The van der Waals surface area contributed by atoms with Crippen LogP contribution in [0.25, 0.3) is 11.1 Å². The summed E-state index contributed by atoms with van der Waals surface area (Å²) in [5, 5.41) is 6.79. The number of aromatic nitrogens is 2. The van der Waals surface area contributed by atoms with Crippen LogP contribution in [-0.4, -0.2) is 16.5 Å². The van der Waals surface area contributed by atoms with Gasteiger partial charge in [-0.15, -0.1) is 0 Å². The Morgan fingerprint density at radius 2 is 2.07 bits per heavy atom. The summed E-state index contributed by atoms with van der Waals surface area (Å²) >= 11 is 0. The van der Waals surface area contributed by atoms with Gasteiger partial charge in [-0.25, -0.2) is 0 Å². The molecule has 2 rings (SSSR count). The lowest BCUT2D eigenvalue weighted by atomic mass is 10.0. The van der Waals surface area contributed by atoms with Crippen LogP contribution in [0.1, 0.15) is 16.1 Å². The Balaban J connectivity index is 2.62. The van der Waals surface area contributed by atoms with Crippen LogP contribution in [0.3, 0.4) is 0 Å². The number of aldehydes is 1. The average molecular weight is 186 g/mol. The van der Waals surface area contributed by atoms with Gasteiger partial charge in [0.15, 0.2) is 6.29 Å². The predicted octanol–water partition coefficient (Wildman–Crippen LogP) is 2.20. The third-order valence-corrected chi connectivity index (χ3v) is 2.21. The first-order chi connectivity index (χ1) is 6.83. The molecule has 1 N–H and O–H groups in total. The van der Waals surface area contributed by atoms with Crippen molar-refractivity contribution in [3.63, 3.8) is 0 Å². The number of carbonyl (C=O) groups excluding carboxylic acids is 1. The van der Waals surface area contributed by atoms with E-state index in [9.17, 15) is 4.79 Å². The molecular weight excluding hydrogens is 176 g/mol. The summed E-state index contributed by atoms with van der Waals surface area (Å²) in [6.07, 6.45) is 2.60. The third-order valence-electron chi connectivity index (χ3n) is 2.21. The van der Waals surface area contributed by atoms with Crippen LogP contribution >= 0.6 is 0 Å². The Kier molecular flexibility index (Phi) is 2.14. The molecule has 0 saturated heterocycles. The molecule has 0 amide bonds. The highest BCUT2D eigenvalue weighted by atomic mass is 16.1. The molecule has 0 radical (unpaired) electrons. The molecule has 3 nitrogen and oxygen atoms in total. The second-order valence-corrected chi connectivity index (χ2v) is 3.11. The minimum Gasteiger partial charge on any atom is -0.298 e. The summed E-state index contributed by atoms with van der Waals surface area (Å²) in [5.74, 6) is 0. The summed E-state index contributed by atoms with van der Waals surface area (Å²) < 4.78 is 0. The van der Waals surface area contributed by atoms with Crippen molar-refractivity contribution in [1.82, 2.24) is 10.2 Å². The molecular formula is C11H10N2O. The molecule has 0 spiro atoms. The molecule has 70 valence electrons. The van der Waals surface area contributed by atoms with Crippen LogP contribution in [0.4, 0.5) is 0 Å². The van der Waals surface area contributed by atoms with Crippen molar-refractivity contribution in [2.75, 3.05) is 0 Å². The van der Waals surface area contributed by atoms with E-state index in [1.54, 1.807) is 12.3 Å². The fourth-order valence-electron chi connectivity index (χ4n) is 1.47. The Labute approximate surface area is 81.8 Å². The zero-order chi connectivity index (χ0) is 9.97. The smallest absolute Gasteiger partial charge is 0.150 e. The molecule has 0 fully saturated rings. The predicted molar refractivity (Wildman–Crippen MR) is 54.1 cm³/mol. The van der Waals surface area contributed by atoms with E-state index in [0.29, 0.717) is 5.56 Å². The summed E-state index contributed by atoms with van der Waals surface area (Å²) in [6, 6.07) is 7.48. The van der Waals surface area contributed by atoms with Crippen LogP contribution in [0, 0.1) is 6.92 Å². The van der Waals surface area contributed by atoms with Crippen molar-refractivity contribution in [3.05, 3.63) is 41.7 Å². The lowest BCUT2D eigenvalue weighted by Gasteiger charge is -2.01. The quantitative estimate of drug-likeness (QED) is 0.731. The topological polar surface area (TPSA) is 45.8 Å². The minimum atomic E-state index is 0.692. The molecule has 1 aromatic carbocycles. The maximum atomic E-state index is 10.8. The van der Waals surface area contributed by atoms with Gasteiger partial charge >= 0.3 is 0 Å². The number of aromatic amines is 1. The molecule has 0 aliphatic rings. The molecule has 0 aliphatic carbocycles. The van der Waals surface area contributed by atoms with Crippen molar-refractivity contribution < 1.29 is 4.79 Å². The van der Waals surface area contributed by atoms with Gasteiger partial charge in [0, 0.05) is 16.8 Å². The van der Waals surface area contributed by atoms with E-state index in [-0.39, 0.29) is 0 Å². The molecule has 0 atom stereocenters. The molecule has 2 aromatic rings.